The van der Waals surface area contributed by atoms with Crippen molar-refractivity contribution < 1.29 is 3.79 Å². The standard InChI is InChI=1S/C3H8NO.Al.2H/c1-4(2)3-5;;;/h3H2,1-2H3;;;/q-1;+1;;. The van der Waals surface area contributed by atoms with E-state index in [2.05, 4.69) is 0 Å². The topological polar surface area (TPSA) is 12.5 Å². The highest BCUT2D eigenvalue weighted by Gasteiger charge is 1.78. The second-order valence-electron chi connectivity index (χ2n) is 1.50. The predicted octanol–water partition coefficient (Wildman–Crippen LogP) is -0.930. The summed E-state index contributed by atoms with van der Waals surface area (Å²) in [4.78, 5) is 1.99. The lowest BCUT2D eigenvalue weighted by atomic mass is 11.0. The van der Waals surface area contributed by atoms with E-state index in [0.717, 1.165) is 23.4 Å². The molecule has 0 aromatic carbocycles. The van der Waals surface area contributed by atoms with E-state index in [1.165, 1.54) is 0 Å². The maximum atomic E-state index is 4.87. The Morgan fingerprint density at radius 2 is 2.17 bits per heavy atom. The quantitative estimate of drug-likeness (QED) is 0.331. The number of hydrogen-bond donors (Lipinski definition) is 0. The van der Waals surface area contributed by atoms with Crippen LogP contribution in [0.15, 0.2) is 0 Å². The van der Waals surface area contributed by atoms with Crippen LogP contribution in [-0.4, -0.2) is 42.3 Å². The van der Waals surface area contributed by atoms with E-state index in [-0.39, 0.29) is 0 Å². The number of rotatable bonds is 2. The molecule has 2 nitrogen and oxygen atoms in total. The van der Waals surface area contributed by atoms with E-state index in [4.69, 9.17) is 3.79 Å². The fourth-order valence-electron chi connectivity index (χ4n) is 0.258. The Bertz CT molecular complexity index is 32.0. The molecule has 0 N–H and O–H groups in total. The third-order valence-corrected chi connectivity index (χ3v) is 0.645. The zero-order valence-electron chi connectivity index (χ0n) is 4.56. The molecule has 3 heteroatoms. The van der Waals surface area contributed by atoms with E-state index in [1.807, 2.05) is 19.0 Å². The SMILES string of the molecule is CN(C)C[O][AlH2]. The Hall–Kier alpha value is 0.452. The van der Waals surface area contributed by atoms with E-state index in [9.17, 15) is 0 Å². The van der Waals surface area contributed by atoms with E-state index in [1.54, 1.807) is 0 Å². The molecule has 0 radical (unpaired) electrons. The number of hydrogen-bond acceptors (Lipinski definition) is 2. The van der Waals surface area contributed by atoms with Gasteiger partial charge in [-0.1, -0.05) is 0 Å². The summed E-state index contributed by atoms with van der Waals surface area (Å²) in [6.07, 6.45) is 0. The second-order valence-corrected chi connectivity index (χ2v) is 2.07. The highest BCUT2D eigenvalue weighted by molar-refractivity contribution is 5.97. The molecule has 36 valence electrons. The van der Waals surface area contributed by atoms with Crippen molar-refractivity contribution in [2.24, 2.45) is 0 Å². The van der Waals surface area contributed by atoms with Gasteiger partial charge in [-0.15, -0.1) is 0 Å². The molecule has 0 aliphatic heterocycles. The van der Waals surface area contributed by atoms with Gasteiger partial charge < -0.3 is 3.79 Å². The fourth-order valence-corrected chi connectivity index (χ4v) is 0.775. The maximum Gasteiger partial charge on any atom is 0.411 e. The van der Waals surface area contributed by atoms with Gasteiger partial charge in [-0.05, 0) is 14.1 Å². The molecule has 0 atom stereocenters. The van der Waals surface area contributed by atoms with Crippen molar-refractivity contribution in [3.05, 3.63) is 0 Å². The summed E-state index contributed by atoms with van der Waals surface area (Å²) in [5, 5.41) is 0. The molecule has 0 spiro atoms. The van der Waals surface area contributed by atoms with Gasteiger partial charge in [0.25, 0.3) is 0 Å². The minimum Gasteiger partial charge on any atom is -0.495 e. The lowest BCUT2D eigenvalue weighted by Crippen LogP contribution is -2.14. The fraction of sp³-hybridized carbons (Fsp3) is 1.00. The van der Waals surface area contributed by atoms with Crippen LogP contribution in [0.1, 0.15) is 0 Å². The van der Waals surface area contributed by atoms with Crippen LogP contribution in [-0.2, 0) is 3.79 Å². The Morgan fingerprint density at radius 1 is 1.67 bits per heavy atom. The van der Waals surface area contributed by atoms with Gasteiger partial charge in [-0.25, -0.2) is 0 Å². The largest absolute Gasteiger partial charge is 0.495 e. The van der Waals surface area contributed by atoms with E-state index < -0.39 is 0 Å². The minimum absolute atomic E-state index is 0.770. The Morgan fingerprint density at radius 3 is 2.17 bits per heavy atom. The van der Waals surface area contributed by atoms with Crippen LogP contribution in [0.4, 0.5) is 0 Å². The molecule has 0 unspecified atom stereocenters. The molecule has 0 aromatic rings. The molecule has 0 bridgehead atoms. The van der Waals surface area contributed by atoms with Gasteiger partial charge in [-0.3, -0.25) is 4.90 Å². The zero-order chi connectivity index (χ0) is 4.99. The first-order chi connectivity index (χ1) is 2.77. The smallest absolute Gasteiger partial charge is 0.411 e. The molecule has 0 aromatic heterocycles. The summed E-state index contributed by atoms with van der Waals surface area (Å²) >= 11 is 0.845. The van der Waals surface area contributed by atoms with Crippen LogP contribution in [0, 0.1) is 0 Å². The van der Waals surface area contributed by atoms with Crippen LogP contribution < -0.4 is 0 Å². The maximum absolute atomic E-state index is 4.87. The molecule has 6 heavy (non-hydrogen) atoms. The van der Waals surface area contributed by atoms with Crippen molar-refractivity contribution in [3.8, 4) is 0 Å². The van der Waals surface area contributed by atoms with Crippen molar-refractivity contribution in [2.75, 3.05) is 20.8 Å². The Kier molecular flexibility index (Phi) is 3.91. The molecule has 0 heterocycles. The summed E-state index contributed by atoms with van der Waals surface area (Å²) in [6.45, 7) is 0.770. The number of nitrogens with zero attached hydrogens (tertiary/aromatic N) is 1. The molecule has 0 rings (SSSR count). The summed E-state index contributed by atoms with van der Waals surface area (Å²) in [7, 11) is 3.97. The predicted molar refractivity (Wildman–Crippen MR) is 28.2 cm³/mol. The summed E-state index contributed by atoms with van der Waals surface area (Å²) in [6, 6.07) is 0. The second kappa shape index (κ2) is 3.64. The Labute approximate surface area is 46.8 Å². The monoisotopic (exact) mass is 103 g/mol. The Balaban J connectivity index is 2.63. The highest BCUT2D eigenvalue weighted by atomic mass is 27.1. The third kappa shape index (κ3) is 4.45. The summed E-state index contributed by atoms with van der Waals surface area (Å²) < 4.78 is 4.87. The third-order valence-electron chi connectivity index (χ3n) is 0.387. The van der Waals surface area contributed by atoms with Crippen molar-refractivity contribution in [1.29, 1.82) is 0 Å². The van der Waals surface area contributed by atoms with Crippen LogP contribution >= 0.6 is 0 Å². The molecule has 0 saturated carbocycles. The molecule has 0 aliphatic rings. The van der Waals surface area contributed by atoms with Gasteiger partial charge >= 0.3 is 16.6 Å². The molecular weight excluding hydrogens is 93.0 g/mol. The van der Waals surface area contributed by atoms with Crippen LogP contribution in [0.3, 0.4) is 0 Å². The van der Waals surface area contributed by atoms with Gasteiger partial charge in [0.1, 0.15) is 0 Å². The first-order valence-electron chi connectivity index (χ1n) is 1.91. The summed E-state index contributed by atoms with van der Waals surface area (Å²) in [5.41, 5.74) is 0. The molecule has 0 saturated heterocycles. The average Bonchev–Trinajstić information content (AvgIpc) is 1.35. The molecule has 0 aliphatic carbocycles. The van der Waals surface area contributed by atoms with Crippen LogP contribution in [0.25, 0.3) is 0 Å². The first kappa shape index (κ1) is 6.45. The highest BCUT2D eigenvalue weighted by Crippen LogP contribution is 1.68. The van der Waals surface area contributed by atoms with E-state index >= 15 is 0 Å². The lowest BCUT2D eigenvalue weighted by molar-refractivity contribution is 0.194. The van der Waals surface area contributed by atoms with Crippen molar-refractivity contribution >= 4 is 16.6 Å². The lowest BCUT2D eigenvalue weighted by Gasteiger charge is -2.06. The van der Waals surface area contributed by atoms with E-state index in [0.29, 0.717) is 0 Å². The average molecular weight is 103 g/mol. The van der Waals surface area contributed by atoms with Gasteiger partial charge in [0, 0.05) is 0 Å². The normalized spacial score (nSPS) is 9.83. The van der Waals surface area contributed by atoms with Gasteiger partial charge in [-0.2, -0.15) is 0 Å². The summed E-state index contributed by atoms with van der Waals surface area (Å²) in [5.74, 6) is 0. The van der Waals surface area contributed by atoms with Crippen molar-refractivity contribution in [3.63, 3.8) is 0 Å². The van der Waals surface area contributed by atoms with Crippen molar-refractivity contribution in [1.82, 2.24) is 4.90 Å². The van der Waals surface area contributed by atoms with Crippen LogP contribution in [0.5, 0.6) is 0 Å². The molecular formula is C3H10AlNO. The minimum atomic E-state index is 0.770. The van der Waals surface area contributed by atoms with Gasteiger partial charge in [0.2, 0.25) is 0 Å². The molecule has 0 amide bonds. The van der Waals surface area contributed by atoms with Crippen molar-refractivity contribution in [2.45, 2.75) is 0 Å². The first-order valence-corrected chi connectivity index (χ1v) is 2.72. The van der Waals surface area contributed by atoms with Crippen LogP contribution in [0.2, 0.25) is 0 Å². The zero-order valence-corrected chi connectivity index (χ0v) is 6.56. The molecule has 0 fully saturated rings. The van der Waals surface area contributed by atoms with Gasteiger partial charge in [0.05, 0.1) is 6.73 Å². The van der Waals surface area contributed by atoms with Gasteiger partial charge in [0.15, 0.2) is 0 Å².